The van der Waals surface area contributed by atoms with Gasteiger partial charge in [-0.2, -0.15) is 0 Å². The zero-order chi connectivity index (χ0) is 29.8. The summed E-state index contributed by atoms with van der Waals surface area (Å²) in [5, 5.41) is 7.20. The average molecular weight is 581 g/mol. The minimum Gasteiger partial charge on any atom is -0.356 e. The molecule has 0 saturated heterocycles. The van der Waals surface area contributed by atoms with Crippen LogP contribution in [0.25, 0.3) is 33.4 Å². The Hall–Kier alpha value is -5.08. The molecule has 0 radical (unpaired) electrons. The highest BCUT2D eigenvalue weighted by molar-refractivity contribution is 5.85. The summed E-state index contributed by atoms with van der Waals surface area (Å²) in [7, 11) is 0. The fraction of sp³-hybridized carbons (Fsp3) is 0.163. The molecule has 45 heavy (non-hydrogen) atoms. The van der Waals surface area contributed by atoms with Crippen LogP contribution in [0.15, 0.2) is 146 Å². The standard InChI is InChI=1S/C43H36N2/c1-2-8-31(9-3-1)37-10-5-7-13-42(37)45-36-23-21-35(22-24-36)44-34-19-15-30(16-20-34)32-17-25-39-38-11-4-6-12-40(38)43(41(39)27-32)28-29-14-18-33(43)26-29/h1-13,15-17,19-25,27,29,33,44-45H,14,18,26,28H2. The molecule has 2 N–H and O–H groups in total. The number of para-hydroxylation sites is 1. The molecular formula is C43H36N2. The smallest absolute Gasteiger partial charge is 0.0463 e. The molecule has 0 aromatic heterocycles. The Morgan fingerprint density at radius 3 is 1.82 bits per heavy atom. The van der Waals surface area contributed by atoms with Gasteiger partial charge in [-0.25, -0.2) is 0 Å². The fourth-order valence-electron chi connectivity index (χ4n) is 8.74. The summed E-state index contributed by atoms with van der Waals surface area (Å²) in [6, 6.07) is 52.9. The second-order valence-corrected chi connectivity index (χ2v) is 13.2. The molecule has 2 bridgehead atoms. The Morgan fingerprint density at radius 1 is 0.467 bits per heavy atom. The highest BCUT2D eigenvalue weighted by Crippen LogP contribution is 2.65. The SMILES string of the molecule is c1ccc(-c2ccccc2Nc2ccc(Nc3ccc(-c4ccc5c(c4)C4(CC6CCC4C6)c4ccccc4-5)cc3)cc2)cc1. The third-order valence-electron chi connectivity index (χ3n) is 10.7. The van der Waals surface area contributed by atoms with Crippen LogP contribution in [0.5, 0.6) is 0 Å². The van der Waals surface area contributed by atoms with E-state index in [1.807, 2.05) is 0 Å². The van der Waals surface area contributed by atoms with Crippen molar-refractivity contribution in [2.24, 2.45) is 11.8 Å². The molecule has 6 aromatic carbocycles. The van der Waals surface area contributed by atoms with Gasteiger partial charge in [-0.05, 0) is 119 Å². The molecule has 2 nitrogen and oxygen atoms in total. The van der Waals surface area contributed by atoms with Gasteiger partial charge in [0, 0.05) is 33.7 Å². The molecule has 3 aliphatic carbocycles. The number of rotatable bonds is 6. The summed E-state index contributed by atoms with van der Waals surface area (Å²) >= 11 is 0. The van der Waals surface area contributed by atoms with Gasteiger partial charge < -0.3 is 10.6 Å². The van der Waals surface area contributed by atoms with Crippen LogP contribution in [0, 0.1) is 11.8 Å². The summed E-state index contributed by atoms with van der Waals surface area (Å²) in [6.07, 6.45) is 5.51. The number of anilines is 4. The van der Waals surface area contributed by atoms with Crippen molar-refractivity contribution in [3.63, 3.8) is 0 Å². The topological polar surface area (TPSA) is 24.1 Å². The monoisotopic (exact) mass is 580 g/mol. The van der Waals surface area contributed by atoms with Crippen molar-refractivity contribution in [1.82, 2.24) is 0 Å². The van der Waals surface area contributed by atoms with Crippen molar-refractivity contribution in [3.8, 4) is 33.4 Å². The first-order chi connectivity index (χ1) is 22.2. The highest BCUT2D eigenvalue weighted by atomic mass is 14.9. The Bertz CT molecular complexity index is 2010. The minimum atomic E-state index is 0.219. The molecule has 2 saturated carbocycles. The third kappa shape index (κ3) is 4.39. The summed E-state index contributed by atoms with van der Waals surface area (Å²) in [5.74, 6) is 1.67. The Labute approximate surface area is 265 Å². The van der Waals surface area contributed by atoms with Crippen molar-refractivity contribution in [2.45, 2.75) is 31.1 Å². The lowest BCUT2D eigenvalue weighted by Gasteiger charge is -2.36. The van der Waals surface area contributed by atoms with E-state index in [0.29, 0.717) is 0 Å². The van der Waals surface area contributed by atoms with Gasteiger partial charge in [0.15, 0.2) is 0 Å². The Balaban J connectivity index is 0.935. The lowest BCUT2D eigenvalue weighted by atomic mass is 9.66. The lowest BCUT2D eigenvalue weighted by molar-refractivity contribution is 0.327. The highest BCUT2D eigenvalue weighted by Gasteiger charge is 2.56. The molecule has 3 atom stereocenters. The van der Waals surface area contributed by atoms with E-state index in [-0.39, 0.29) is 5.41 Å². The number of nitrogens with one attached hydrogen (secondary N) is 2. The maximum Gasteiger partial charge on any atom is 0.0463 e. The van der Waals surface area contributed by atoms with Gasteiger partial charge in [-0.15, -0.1) is 0 Å². The summed E-state index contributed by atoms with van der Waals surface area (Å²) < 4.78 is 0. The first kappa shape index (κ1) is 26.3. The maximum absolute atomic E-state index is 3.61. The average Bonchev–Trinajstić information content (AvgIpc) is 3.80. The van der Waals surface area contributed by atoms with Crippen LogP contribution in [-0.4, -0.2) is 0 Å². The minimum absolute atomic E-state index is 0.219. The van der Waals surface area contributed by atoms with Gasteiger partial charge in [-0.1, -0.05) is 103 Å². The molecule has 2 heteroatoms. The second-order valence-electron chi connectivity index (χ2n) is 13.2. The van der Waals surface area contributed by atoms with E-state index in [4.69, 9.17) is 0 Å². The molecule has 3 aliphatic rings. The van der Waals surface area contributed by atoms with E-state index in [2.05, 4.69) is 156 Å². The number of hydrogen-bond donors (Lipinski definition) is 2. The predicted molar refractivity (Wildman–Crippen MR) is 188 cm³/mol. The van der Waals surface area contributed by atoms with Crippen LogP contribution in [0.1, 0.15) is 36.8 Å². The van der Waals surface area contributed by atoms with Gasteiger partial charge in [-0.3, -0.25) is 0 Å². The molecule has 0 aliphatic heterocycles. The molecule has 0 heterocycles. The van der Waals surface area contributed by atoms with E-state index in [0.717, 1.165) is 34.6 Å². The summed E-state index contributed by atoms with van der Waals surface area (Å²) in [4.78, 5) is 0. The van der Waals surface area contributed by atoms with Crippen molar-refractivity contribution < 1.29 is 0 Å². The number of hydrogen-bond acceptors (Lipinski definition) is 2. The summed E-state index contributed by atoms with van der Waals surface area (Å²) in [6.45, 7) is 0. The van der Waals surface area contributed by atoms with Crippen molar-refractivity contribution in [2.75, 3.05) is 10.6 Å². The molecule has 3 unspecified atom stereocenters. The molecule has 1 spiro atoms. The van der Waals surface area contributed by atoms with Gasteiger partial charge in [0.05, 0.1) is 0 Å². The van der Waals surface area contributed by atoms with Gasteiger partial charge in [0.1, 0.15) is 0 Å². The zero-order valence-electron chi connectivity index (χ0n) is 25.3. The van der Waals surface area contributed by atoms with Gasteiger partial charge in [0.2, 0.25) is 0 Å². The first-order valence-corrected chi connectivity index (χ1v) is 16.4. The molecule has 6 aromatic rings. The van der Waals surface area contributed by atoms with E-state index in [9.17, 15) is 0 Å². The maximum atomic E-state index is 3.61. The van der Waals surface area contributed by atoms with Crippen LogP contribution >= 0.6 is 0 Å². The second kappa shape index (κ2) is 10.5. The van der Waals surface area contributed by atoms with E-state index >= 15 is 0 Å². The van der Waals surface area contributed by atoms with Crippen LogP contribution in [-0.2, 0) is 5.41 Å². The van der Waals surface area contributed by atoms with E-state index in [1.165, 1.54) is 59.1 Å². The molecule has 9 rings (SSSR count). The van der Waals surface area contributed by atoms with Crippen LogP contribution < -0.4 is 10.6 Å². The van der Waals surface area contributed by atoms with Gasteiger partial charge >= 0.3 is 0 Å². The normalized spacial score (nSPS) is 20.6. The predicted octanol–water partition coefficient (Wildman–Crippen LogP) is 11.6. The third-order valence-corrected chi connectivity index (χ3v) is 10.7. The van der Waals surface area contributed by atoms with Crippen molar-refractivity contribution >= 4 is 22.7 Å². The van der Waals surface area contributed by atoms with Crippen LogP contribution in [0.3, 0.4) is 0 Å². The molecule has 2 fully saturated rings. The zero-order valence-corrected chi connectivity index (χ0v) is 25.3. The van der Waals surface area contributed by atoms with Crippen molar-refractivity contribution in [1.29, 1.82) is 0 Å². The number of benzene rings is 6. The quantitative estimate of drug-likeness (QED) is 0.205. The summed E-state index contributed by atoms with van der Waals surface area (Å²) in [5.41, 5.74) is 15.6. The molecule has 218 valence electrons. The number of fused-ring (bicyclic) bond motifs is 8. The lowest BCUT2D eigenvalue weighted by Crippen LogP contribution is -2.31. The molecular weight excluding hydrogens is 544 g/mol. The Morgan fingerprint density at radius 2 is 1.09 bits per heavy atom. The fourth-order valence-corrected chi connectivity index (χ4v) is 8.74. The van der Waals surface area contributed by atoms with E-state index < -0.39 is 0 Å². The van der Waals surface area contributed by atoms with Crippen LogP contribution in [0.4, 0.5) is 22.7 Å². The van der Waals surface area contributed by atoms with Crippen LogP contribution in [0.2, 0.25) is 0 Å². The molecule has 0 amide bonds. The largest absolute Gasteiger partial charge is 0.356 e. The van der Waals surface area contributed by atoms with Crippen molar-refractivity contribution in [3.05, 3.63) is 157 Å². The van der Waals surface area contributed by atoms with Gasteiger partial charge in [0.25, 0.3) is 0 Å². The Kier molecular flexibility index (Phi) is 6.16. The van der Waals surface area contributed by atoms with E-state index in [1.54, 1.807) is 11.1 Å². The first-order valence-electron chi connectivity index (χ1n) is 16.4.